The van der Waals surface area contributed by atoms with E-state index in [-0.39, 0.29) is 40.9 Å². The summed E-state index contributed by atoms with van der Waals surface area (Å²) >= 11 is 0. The van der Waals surface area contributed by atoms with E-state index in [4.69, 9.17) is 4.18 Å². The number of para-hydroxylation sites is 1. The minimum absolute atomic E-state index is 0.0137. The van der Waals surface area contributed by atoms with E-state index >= 15 is 4.39 Å². The average molecular weight is 520 g/mol. The normalized spacial score (nSPS) is 13.2. The van der Waals surface area contributed by atoms with Gasteiger partial charge in [0.25, 0.3) is 5.91 Å². The van der Waals surface area contributed by atoms with Crippen molar-refractivity contribution in [2.45, 2.75) is 105 Å². The lowest BCUT2D eigenvalue weighted by Crippen LogP contribution is -2.37. The van der Waals surface area contributed by atoms with Crippen LogP contribution in [0.4, 0.5) is 4.39 Å². The molecule has 200 valence electrons. The van der Waals surface area contributed by atoms with Crippen LogP contribution >= 0.6 is 0 Å². The summed E-state index contributed by atoms with van der Waals surface area (Å²) in [6.07, 6.45) is -2.16. The molecule has 7 heteroatoms. The number of carbonyl (C=O) groups is 1. The van der Waals surface area contributed by atoms with Crippen LogP contribution in [0.15, 0.2) is 30.3 Å². The second-order valence-corrected chi connectivity index (χ2v) is 12.3. The first-order valence-corrected chi connectivity index (χ1v) is 14.2. The van der Waals surface area contributed by atoms with Crippen molar-refractivity contribution in [2.75, 3.05) is 0 Å². The van der Waals surface area contributed by atoms with E-state index in [1.807, 2.05) is 78.3 Å². The Hall–Kier alpha value is -2.41. The first-order chi connectivity index (χ1) is 16.6. The zero-order valence-electron chi connectivity index (χ0n) is 23.3. The predicted octanol–water partition coefficient (Wildman–Crippen LogP) is 7.75. The third-order valence-electron chi connectivity index (χ3n) is 6.40. The first kappa shape index (κ1) is 29.8. The van der Waals surface area contributed by atoms with E-state index in [0.29, 0.717) is 22.3 Å². The molecular formula is C29H42FNO4S. The number of rotatable bonds is 10. The van der Waals surface area contributed by atoms with Crippen molar-refractivity contribution in [2.24, 2.45) is 0 Å². The smallest absolute Gasteiger partial charge is 0.366 e. The van der Waals surface area contributed by atoms with Crippen LogP contribution in [0.25, 0.3) is 0 Å². The molecule has 0 bridgehead atoms. The number of halogens is 1. The topological polar surface area (TPSA) is 72.5 Å². The zero-order chi connectivity index (χ0) is 27.5. The molecular weight excluding hydrogens is 477 g/mol. The lowest BCUT2D eigenvalue weighted by molar-refractivity contribution is -0.124. The van der Waals surface area contributed by atoms with E-state index < -0.39 is 22.4 Å². The summed E-state index contributed by atoms with van der Waals surface area (Å²) in [5.74, 6) is -0.982. The number of alkyl halides is 1. The van der Waals surface area contributed by atoms with Gasteiger partial charge in [0.1, 0.15) is 0 Å². The molecule has 1 atom stereocenters. The Bertz CT molecular complexity index is 1130. The lowest BCUT2D eigenvalue weighted by Gasteiger charge is -2.25. The first-order valence-electron chi connectivity index (χ1n) is 12.8. The Morgan fingerprint density at radius 2 is 1.17 bits per heavy atom. The monoisotopic (exact) mass is 519 g/mol. The van der Waals surface area contributed by atoms with Gasteiger partial charge in [0.05, 0.1) is 0 Å². The number of hydrogen-bond acceptors (Lipinski definition) is 4. The highest BCUT2D eigenvalue weighted by molar-refractivity contribution is 7.85. The van der Waals surface area contributed by atoms with Gasteiger partial charge >= 0.3 is 10.3 Å². The largest absolute Gasteiger partial charge is 0.409 e. The Morgan fingerprint density at radius 3 is 1.53 bits per heavy atom. The molecule has 0 saturated heterocycles. The summed E-state index contributed by atoms with van der Waals surface area (Å²) in [7, 11) is -4.63. The summed E-state index contributed by atoms with van der Waals surface area (Å²) in [6, 6.07) is 9.29. The molecule has 1 unspecified atom stereocenters. The number of hydrogen-bond donors (Lipinski definition) is 1. The highest BCUT2D eigenvalue weighted by atomic mass is 32.2. The number of nitrogens with one attached hydrogen (secondary N) is 1. The van der Waals surface area contributed by atoms with E-state index in [1.54, 1.807) is 12.1 Å². The molecule has 5 nitrogen and oxygen atoms in total. The highest BCUT2D eigenvalue weighted by Crippen LogP contribution is 2.38. The van der Waals surface area contributed by atoms with Crippen molar-refractivity contribution in [3.8, 4) is 5.75 Å². The van der Waals surface area contributed by atoms with Crippen LogP contribution in [0.2, 0.25) is 0 Å². The van der Waals surface area contributed by atoms with E-state index in [0.717, 1.165) is 5.56 Å². The van der Waals surface area contributed by atoms with Crippen LogP contribution in [0.1, 0.15) is 138 Å². The minimum Gasteiger partial charge on any atom is -0.366 e. The van der Waals surface area contributed by atoms with Gasteiger partial charge in [-0.3, -0.25) is 4.79 Å². The van der Waals surface area contributed by atoms with Crippen LogP contribution in [0.5, 0.6) is 5.75 Å². The molecule has 2 aromatic rings. The molecule has 0 radical (unpaired) electrons. The summed E-state index contributed by atoms with van der Waals surface area (Å²) in [5, 5.41) is 0. The molecule has 36 heavy (non-hydrogen) atoms. The Balaban J connectivity index is 2.49. The van der Waals surface area contributed by atoms with Gasteiger partial charge in [0.2, 0.25) is 6.17 Å². The minimum atomic E-state index is -4.63. The van der Waals surface area contributed by atoms with Crippen LogP contribution < -0.4 is 8.91 Å². The third kappa shape index (κ3) is 6.87. The highest BCUT2D eigenvalue weighted by Gasteiger charge is 2.32. The lowest BCUT2D eigenvalue weighted by atomic mass is 9.82. The molecule has 0 aliphatic rings. The van der Waals surface area contributed by atoms with Gasteiger partial charge in [0, 0.05) is 5.56 Å². The summed E-state index contributed by atoms with van der Waals surface area (Å²) in [5.41, 5.74) is 4.11. The quantitative estimate of drug-likeness (QED) is 0.348. The summed E-state index contributed by atoms with van der Waals surface area (Å²) < 4.78 is 49.0. The Kier molecular flexibility index (Phi) is 9.74. The molecule has 1 N–H and O–H groups in total. The number of carbonyl (C=O) groups excluding carboxylic acids is 1. The van der Waals surface area contributed by atoms with Gasteiger partial charge in [-0.1, -0.05) is 99.6 Å². The molecule has 0 aliphatic heterocycles. The maximum Gasteiger partial charge on any atom is 0.409 e. The molecule has 1 amide bonds. The van der Waals surface area contributed by atoms with Gasteiger partial charge in [0.15, 0.2) is 5.75 Å². The third-order valence-corrected chi connectivity index (χ3v) is 7.24. The molecule has 0 fully saturated rings. The maximum atomic E-state index is 15.9. The Morgan fingerprint density at radius 1 is 0.750 bits per heavy atom. The van der Waals surface area contributed by atoms with Gasteiger partial charge in [-0.25, -0.2) is 9.11 Å². The van der Waals surface area contributed by atoms with Crippen LogP contribution in [-0.2, 0) is 15.1 Å². The maximum absolute atomic E-state index is 15.9. The fraction of sp³-hybridized carbons (Fsp3) is 0.552. The summed E-state index contributed by atoms with van der Waals surface area (Å²) in [6.45, 7) is 19.6. The summed E-state index contributed by atoms with van der Waals surface area (Å²) in [4.78, 5) is 13.0. The number of benzene rings is 2. The van der Waals surface area contributed by atoms with Crippen molar-refractivity contribution in [1.82, 2.24) is 4.72 Å². The standard InChI is InChI=1S/C29H42FNO4S/c1-16(2)21-14-24(19(7)8)26(25(15-21)20(9)10)27(30)29(32)31-36(33,34)35-28-22(17(3)4)12-11-13-23(28)18(5)6/h11-20,27H,1-10H3,(H,31,32). The molecule has 0 spiro atoms. The van der Waals surface area contributed by atoms with Gasteiger partial charge < -0.3 is 4.18 Å². The van der Waals surface area contributed by atoms with Crippen molar-refractivity contribution in [1.29, 1.82) is 0 Å². The second kappa shape index (κ2) is 11.8. The van der Waals surface area contributed by atoms with E-state index in [9.17, 15) is 13.2 Å². The van der Waals surface area contributed by atoms with Crippen LogP contribution in [0, 0.1) is 0 Å². The van der Waals surface area contributed by atoms with Crippen molar-refractivity contribution in [3.63, 3.8) is 0 Å². The number of amides is 1. The molecule has 2 rings (SSSR count). The van der Waals surface area contributed by atoms with Crippen molar-refractivity contribution >= 4 is 16.2 Å². The van der Waals surface area contributed by atoms with E-state index in [2.05, 4.69) is 13.8 Å². The molecule has 0 saturated carbocycles. The zero-order valence-corrected chi connectivity index (χ0v) is 24.1. The fourth-order valence-electron chi connectivity index (χ4n) is 4.32. The van der Waals surface area contributed by atoms with Crippen molar-refractivity contribution in [3.05, 3.63) is 63.7 Å². The molecule has 0 heterocycles. The Labute approximate surface area is 217 Å². The van der Waals surface area contributed by atoms with Gasteiger partial charge in [-0.05, 0) is 57.4 Å². The van der Waals surface area contributed by atoms with Crippen molar-refractivity contribution < 1.29 is 21.8 Å². The van der Waals surface area contributed by atoms with E-state index in [1.165, 1.54) is 0 Å². The average Bonchev–Trinajstić information content (AvgIpc) is 2.76. The predicted molar refractivity (Wildman–Crippen MR) is 145 cm³/mol. The van der Waals surface area contributed by atoms with Crippen LogP contribution in [-0.4, -0.2) is 14.3 Å². The SMILES string of the molecule is CC(C)c1cc(C(C)C)c(C(F)C(=O)NS(=O)(=O)Oc2c(C(C)C)cccc2C(C)C)c(C(C)C)c1. The fourth-order valence-corrected chi connectivity index (χ4v) is 5.12. The van der Waals surface area contributed by atoms with Gasteiger partial charge in [-0.2, -0.15) is 8.42 Å². The second-order valence-electron chi connectivity index (χ2n) is 11.0. The molecule has 0 aliphatic carbocycles. The van der Waals surface area contributed by atoms with Gasteiger partial charge in [-0.15, -0.1) is 0 Å². The van der Waals surface area contributed by atoms with Crippen LogP contribution in [0.3, 0.4) is 0 Å². The molecule has 0 aromatic heterocycles. The molecule has 2 aromatic carbocycles.